The Morgan fingerprint density at radius 2 is 2.06 bits per heavy atom. The molecule has 2 unspecified atom stereocenters. The van der Waals surface area contributed by atoms with Crippen molar-refractivity contribution >= 4 is 11.6 Å². The third kappa shape index (κ3) is 3.07. The van der Waals surface area contributed by atoms with Gasteiger partial charge in [0.25, 0.3) is 0 Å². The fourth-order valence-corrected chi connectivity index (χ4v) is 3.40. The van der Waals surface area contributed by atoms with Gasteiger partial charge in [0.05, 0.1) is 5.60 Å². The van der Waals surface area contributed by atoms with E-state index in [9.17, 15) is 5.11 Å². The summed E-state index contributed by atoms with van der Waals surface area (Å²) in [5.41, 5.74) is 0.928. The lowest BCUT2D eigenvalue weighted by molar-refractivity contribution is -0.0704. The maximum atomic E-state index is 10.9. The van der Waals surface area contributed by atoms with E-state index in [1.165, 1.54) is 0 Å². The molecule has 18 heavy (non-hydrogen) atoms. The number of aliphatic hydroxyl groups is 1. The zero-order valence-electron chi connectivity index (χ0n) is 11.5. The summed E-state index contributed by atoms with van der Waals surface area (Å²) in [4.78, 5) is 0. The summed E-state index contributed by atoms with van der Waals surface area (Å²) < 4.78 is 0. The van der Waals surface area contributed by atoms with Crippen LogP contribution in [0.2, 0.25) is 5.02 Å². The van der Waals surface area contributed by atoms with Crippen LogP contribution in [0, 0.1) is 11.3 Å². The molecule has 100 valence electrons. The maximum Gasteiger partial charge on any atom is 0.0713 e. The van der Waals surface area contributed by atoms with E-state index in [2.05, 4.69) is 26.8 Å². The number of hydrogen-bond acceptors (Lipinski definition) is 1. The molecule has 1 aromatic carbocycles. The molecule has 0 saturated heterocycles. The summed E-state index contributed by atoms with van der Waals surface area (Å²) >= 11 is 6.01. The molecule has 1 fully saturated rings. The molecule has 0 aliphatic heterocycles. The van der Waals surface area contributed by atoms with Crippen LogP contribution in [0.5, 0.6) is 0 Å². The van der Waals surface area contributed by atoms with Gasteiger partial charge in [0.2, 0.25) is 0 Å². The van der Waals surface area contributed by atoms with Crippen LogP contribution in [0.25, 0.3) is 0 Å². The Labute approximate surface area is 115 Å². The van der Waals surface area contributed by atoms with Crippen LogP contribution in [-0.2, 0) is 6.42 Å². The van der Waals surface area contributed by atoms with Gasteiger partial charge < -0.3 is 5.11 Å². The number of hydrogen-bond donors (Lipinski definition) is 1. The summed E-state index contributed by atoms with van der Waals surface area (Å²) in [5.74, 6) is 0.334. The van der Waals surface area contributed by atoms with Gasteiger partial charge in [-0.25, -0.2) is 0 Å². The molecule has 1 saturated carbocycles. The Morgan fingerprint density at radius 3 is 2.67 bits per heavy atom. The first kappa shape index (κ1) is 13.9. The molecule has 0 amide bonds. The molecule has 0 heterocycles. The quantitative estimate of drug-likeness (QED) is 0.838. The van der Waals surface area contributed by atoms with Crippen molar-refractivity contribution in [1.82, 2.24) is 0 Å². The molecule has 0 bridgehead atoms. The van der Waals surface area contributed by atoms with Crippen LogP contribution in [0.15, 0.2) is 24.3 Å². The highest BCUT2D eigenvalue weighted by molar-refractivity contribution is 6.30. The molecule has 1 aliphatic rings. The molecule has 0 aromatic heterocycles. The average molecular weight is 267 g/mol. The fraction of sp³-hybridized carbons (Fsp3) is 0.625. The summed E-state index contributed by atoms with van der Waals surface area (Å²) in [7, 11) is 0. The minimum absolute atomic E-state index is 0.334. The SMILES string of the molecule is CC1CC(C)(C)CCC1(O)Cc1cccc(Cl)c1. The second kappa shape index (κ2) is 4.86. The van der Waals surface area contributed by atoms with E-state index in [-0.39, 0.29) is 0 Å². The van der Waals surface area contributed by atoms with Crippen LogP contribution in [0.4, 0.5) is 0 Å². The zero-order chi connectivity index (χ0) is 13.4. The first-order chi connectivity index (χ1) is 8.31. The van der Waals surface area contributed by atoms with Crippen molar-refractivity contribution in [3.63, 3.8) is 0 Å². The van der Waals surface area contributed by atoms with Crippen molar-refractivity contribution in [1.29, 1.82) is 0 Å². The highest BCUT2D eigenvalue weighted by atomic mass is 35.5. The Hall–Kier alpha value is -0.530. The highest BCUT2D eigenvalue weighted by Crippen LogP contribution is 2.45. The van der Waals surface area contributed by atoms with Gasteiger partial charge in [-0.15, -0.1) is 0 Å². The van der Waals surface area contributed by atoms with Gasteiger partial charge in [0.1, 0.15) is 0 Å². The van der Waals surface area contributed by atoms with Gasteiger partial charge in [-0.1, -0.05) is 44.5 Å². The summed E-state index contributed by atoms with van der Waals surface area (Å²) in [6.07, 6.45) is 3.77. The molecule has 1 aliphatic carbocycles. The molecule has 1 aromatic rings. The van der Waals surface area contributed by atoms with Crippen molar-refractivity contribution in [3.8, 4) is 0 Å². The summed E-state index contributed by atoms with van der Waals surface area (Å²) in [5, 5.41) is 11.6. The Morgan fingerprint density at radius 1 is 1.33 bits per heavy atom. The molecular formula is C16H23ClO. The van der Waals surface area contributed by atoms with Gasteiger partial charge in [-0.2, -0.15) is 0 Å². The van der Waals surface area contributed by atoms with Crippen molar-refractivity contribution in [2.45, 2.75) is 52.1 Å². The first-order valence-corrected chi connectivity index (χ1v) is 7.15. The van der Waals surface area contributed by atoms with Gasteiger partial charge >= 0.3 is 0 Å². The van der Waals surface area contributed by atoms with E-state index in [4.69, 9.17) is 11.6 Å². The molecule has 0 spiro atoms. The standard InChI is InChI=1S/C16H23ClO/c1-12-10-15(2,3)7-8-16(12,18)11-13-5-4-6-14(17)9-13/h4-6,9,12,18H,7-8,10-11H2,1-3H3. The van der Waals surface area contributed by atoms with Crippen LogP contribution in [0.3, 0.4) is 0 Å². The van der Waals surface area contributed by atoms with E-state index in [0.29, 0.717) is 17.8 Å². The van der Waals surface area contributed by atoms with Crippen molar-refractivity contribution < 1.29 is 5.11 Å². The van der Waals surface area contributed by atoms with Gasteiger partial charge in [0, 0.05) is 11.4 Å². The second-order valence-electron chi connectivity index (χ2n) is 6.68. The Kier molecular flexibility index (Phi) is 3.75. The fourth-order valence-electron chi connectivity index (χ4n) is 3.19. The molecule has 1 N–H and O–H groups in total. The van der Waals surface area contributed by atoms with E-state index in [1.54, 1.807) is 0 Å². The smallest absolute Gasteiger partial charge is 0.0713 e. The van der Waals surface area contributed by atoms with Crippen LogP contribution < -0.4 is 0 Å². The van der Waals surface area contributed by atoms with Crippen LogP contribution in [-0.4, -0.2) is 10.7 Å². The predicted molar refractivity (Wildman–Crippen MR) is 76.9 cm³/mol. The number of halogens is 1. The monoisotopic (exact) mass is 266 g/mol. The van der Waals surface area contributed by atoms with E-state index in [0.717, 1.165) is 29.8 Å². The minimum atomic E-state index is -0.569. The molecule has 2 atom stereocenters. The second-order valence-corrected chi connectivity index (χ2v) is 7.12. The predicted octanol–water partition coefficient (Wildman–Crippen LogP) is 4.46. The van der Waals surface area contributed by atoms with E-state index < -0.39 is 5.60 Å². The molecule has 0 radical (unpaired) electrons. The normalized spacial score (nSPS) is 31.3. The van der Waals surface area contributed by atoms with Crippen molar-refractivity contribution in [3.05, 3.63) is 34.9 Å². The Balaban J connectivity index is 2.13. The van der Waals surface area contributed by atoms with Crippen molar-refractivity contribution in [2.24, 2.45) is 11.3 Å². The lowest BCUT2D eigenvalue weighted by Gasteiger charge is -2.45. The van der Waals surface area contributed by atoms with Crippen molar-refractivity contribution in [2.75, 3.05) is 0 Å². The lowest BCUT2D eigenvalue weighted by Crippen LogP contribution is -2.45. The summed E-state index contributed by atoms with van der Waals surface area (Å²) in [6, 6.07) is 7.85. The third-order valence-corrected chi connectivity index (χ3v) is 4.65. The largest absolute Gasteiger partial charge is 0.389 e. The molecule has 2 rings (SSSR count). The van der Waals surface area contributed by atoms with E-state index >= 15 is 0 Å². The molecular weight excluding hydrogens is 244 g/mol. The maximum absolute atomic E-state index is 10.9. The Bertz CT molecular complexity index is 427. The van der Waals surface area contributed by atoms with Crippen LogP contribution >= 0.6 is 11.6 Å². The number of rotatable bonds is 2. The lowest BCUT2D eigenvalue weighted by atomic mass is 9.64. The topological polar surface area (TPSA) is 20.2 Å². The van der Waals surface area contributed by atoms with Gasteiger partial charge in [-0.3, -0.25) is 0 Å². The molecule has 2 heteroatoms. The molecule has 1 nitrogen and oxygen atoms in total. The number of benzene rings is 1. The average Bonchev–Trinajstić information content (AvgIpc) is 2.24. The minimum Gasteiger partial charge on any atom is -0.389 e. The zero-order valence-corrected chi connectivity index (χ0v) is 12.3. The first-order valence-electron chi connectivity index (χ1n) is 6.78. The van der Waals surface area contributed by atoms with Gasteiger partial charge in [-0.05, 0) is 48.3 Å². The highest BCUT2D eigenvalue weighted by Gasteiger charge is 2.42. The summed E-state index contributed by atoms with van der Waals surface area (Å²) in [6.45, 7) is 6.76. The van der Waals surface area contributed by atoms with Crippen LogP contribution in [0.1, 0.15) is 45.6 Å². The van der Waals surface area contributed by atoms with Gasteiger partial charge in [0.15, 0.2) is 0 Å². The van der Waals surface area contributed by atoms with E-state index in [1.807, 2.05) is 18.2 Å². The third-order valence-electron chi connectivity index (χ3n) is 4.41.